The third-order valence-electron chi connectivity index (χ3n) is 7.18. The Morgan fingerprint density at radius 1 is 1.06 bits per heavy atom. The molecule has 2 aliphatic rings. The highest BCUT2D eigenvalue weighted by atomic mass is 28.4. The summed E-state index contributed by atoms with van der Waals surface area (Å²) in [6, 6.07) is 20.8. The van der Waals surface area contributed by atoms with E-state index in [2.05, 4.69) is 45.0 Å². The average molecular weight is 455 g/mol. The van der Waals surface area contributed by atoms with Crippen molar-refractivity contribution in [2.45, 2.75) is 63.1 Å². The summed E-state index contributed by atoms with van der Waals surface area (Å²) >= 11 is 0. The van der Waals surface area contributed by atoms with Crippen LogP contribution in [0.25, 0.3) is 0 Å². The summed E-state index contributed by atoms with van der Waals surface area (Å²) in [6.07, 6.45) is 1.03. The van der Waals surface area contributed by atoms with Crippen molar-refractivity contribution in [3.63, 3.8) is 0 Å². The lowest BCUT2D eigenvalue weighted by Crippen LogP contribution is -2.67. The fourth-order valence-electron chi connectivity index (χ4n) is 5.74. The first kappa shape index (κ1) is 23.3. The van der Waals surface area contributed by atoms with Gasteiger partial charge in [0, 0.05) is 7.11 Å². The number of ether oxygens (including phenoxy) is 2. The zero-order chi connectivity index (χ0) is 23.2. The second-order valence-corrected chi connectivity index (χ2v) is 14.6. The highest BCUT2D eigenvalue weighted by Gasteiger charge is 2.66. The normalized spacial score (nSPS) is 30.5. The van der Waals surface area contributed by atoms with Crippen LogP contribution in [0.4, 0.5) is 0 Å². The molecule has 1 saturated carbocycles. The number of carbonyl (C=O) groups is 1. The van der Waals surface area contributed by atoms with Gasteiger partial charge in [-0.25, -0.2) is 0 Å². The Bertz CT molecular complexity index is 914. The van der Waals surface area contributed by atoms with Crippen molar-refractivity contribution >= 4 is 24.5 Å². The second kappa shape index (κ2) is 8.19. The fourth-order valence-corrected chi connectivity index (χ4v) is 10.4. The number of ketones is 1. The van der Waals surface area contributed by atoms with Crippen LogP contribution in [0.1, 0.15) is 40.5 Å². The predicted octanol–water partition coefficient (Wildman–Crippen LogP) is 3.03. The number of Topliss-reactive ketones (excluding diaryl/α,β-unsaturated/α-hetero) is 1. The van der Waals surface area contributed by atoms with Crippen molar-refractivity contribution < 1.29 is 23.8 Å². The van der Waals surface area contributed by atoms with Gasteiger partial charge in [-0.1, -0.05) is 81.4 Å². The highest BCUT2D eigenvalue weighted by Crippen LogP contribution is 2.51. The monoisotopic (exact) mass is 454 g/mol. The number of hydrogen-bond acceptors (Lipinski definition) is 5. The summed E-state index contributed by atoms with van der Waals surface area (Å²) in [4.78, 5) is 13.0. The third kappa shape index (κ3) is 3.58. The molecule has 0 radical (unpaired) electrons. The quantitative estimate of drug-likeness (QED) is 0.680. The molecule has 1 aliphatic heterocycles. The lowest BCUT2D eigenvalue weighted by molar-refractivity contribution is -0.217. The number of methoxy groups -OCH3 is 1. The molecule has 0 bridgehead atoms. The molecule has 1 N–H and O–H groups in total. The summed E-state index contributed by atoms with van der Waals surface area (Å²) in [7, 11) is -1.18. The molecule has 32 heavy (non-hydrogen) atoms. The van der Waals surface area contributed by atoms with Gasteiger partial charge >= 0.3 is 0 Å². The molecule has 0 amide bonds. The van der Waals surface area contributed by atoms with Crippen LogP contribution in [0.3, 0.4) is 0 Å². The van der Waals surface area contributed by atoms with Gasteiger partial charge in [0.2, 0.25) is 5.79 Å². The number of rotatable bonds is 6. The zero-order valence-corrected chi connectivity index (χ0v) is 20.6. The van der Waals surface area contributed by atoms with E-state index < -0.39 is 25.6 Å². The first-order valence-electron chi connectivity index (χ1n) is 11.3. The molecule has 1 aliphatic carbocycles. The van der Waals surface area contributed by atoms with Gasteiger partial charge in [-0.2, -0.15) is 0 Å². The number of fused-ring (bicyclic) bond motifs is 1. The maximum absolute atomic E-state index is 13.0. The van der Waals surface area contributed by atoms with E-state index in [0.29, 0.717) is 12.8 Å². The Morgan fingerprint density at radius 3 is 2.06 bits per heavy atom. The standard InChI is InChI=1S/C26H34O5Si/c1-24(2,3)32(19-12-8-6-9-13-19,20-14-10-7-11-15-20)30-18-26-17-16-21(29-5)22(26)23(27)25(4,28)31-26/h6-15,21-22,28H,16-18H2,1-5H3/t21-,22-,25+,26+/m1/s1. The van der Waals surface area contributed by atoms with Crippen LogP contribution in [0, 0.1) is 5.92 Å². The molecule has 5 nitrogen and oxygen atoms in total. The van der Waals surface area contributed by atoms with Crippen LogP contribution in [0.5, 0.6) is 0 Å². The average Bonchev–Trinajstić information content (AvgIpc) is 3.20. The zero-order valence-electron chi connectivity index (χ0n) is 19.6. The van der Waals surface area contributed by atoms with E-state index in [0.717, 1.165) is 0 Å². The molecule has 4 atom stereocenters. The minimum absolute atomic E-state index is 0.188. The molecule has 2 fully saturated rings. The minimum atomic E-state index is -2.80. The van der Waals surface area contributed by atoms with Gasteiger partial charge in [-0.3, -0.25) is 4.79 Å². The third-order valence-corrected chi connectivity index (χ3v) is 12.2. The van der Waals surface area contributed by atoms with Crippen molar-refractivity contribution in [1.29, 1.82) is 0 Å². The van der Waals surface area contributed by atoms with E-state index in [-0.39, 0.29) is 23.5 Å². The van der Waals surface area contributed by atoms with Gasteiger partial charge in [-0.15, -0.1) is 0 Å². The Labute approximate surface area is 191 Å². The Morgan fingerprint density at radius 2 is 1.59 bits per heavy atom. The summed E-state index contributed by atoms with van der Waals surface area (Å²) in [5.41, 5.74) is -0.895. The SMILES string of the molecule is CO[C@@H]1CC[C@@]2(CO[Si](c3ccccc3)(c3ccccc3)C(C)(C)C)O[C@](C)(O)C(=O)[C@@H]12. The Hall–Kier alpha value is -1.83. The highest BCUT2D eigenvalue weighted by molar-refractivity contribution is 6.99. The number of aliphatic hydroxyl groups is 1. The van der Waals surface area contributed by atoms with Gasteiger partial charge < -0.3 is 19.0 Å². The minimum Gasteiger partial charge on any atom is -0.404 e. The lowest BCUT2D eigenvalue weighted by atomic mass is 9.88. The molecular weight excluding hydrogens is 420 g/mol. The Balaban J connectivity index is 1.80. The maximum atomic E-state index is 13.0. The smallest absolute Gasteiger partial charge is 0.261 e. The molecule has 4 rings (SSSR count). The van der Waals surface area contributed by atoms with Gasteiger partial charge in [0.25, 0.3) is 8.32 Å². The Kier molecular flexibility index (Phi) is 5.97. The molecule has 1 saturated heterocycles. The fraction of sp³-hybridized carbons (Fsp3) is 0.500. The van der Waals surface area contributed by atoms with Crippen LogP contribution >= 0.6 is 0 Å². The molecule has 0 unspecified atom stereocenters. The maximum Gasteiger partial charge on any atom is 0.261 e. The molecule has 2 aromatic carbocycles. The first-order valence-corrected chi connectivity index (χ1v) is 13.2. The van der Waals surface area contributed by atoms with E-state index in [1.165, 1.54) is 17.3 Å². The van der Waals surface area contributed by atoms with Crippen LogP contribution < -0.4 is 10.4 Å². The summed E-state index contributed by atoms with van der Waals surface area (Å²) in [5, 5.41) is 12.9. The van der Waals surface area contributed by atoms with Crippen molar-refractivity contribution in [3.8, 4) is 0 Å². The van der Waals surface area contributed by atoms with Crippen molar-refractivity contribution in [2.24, 2.45) is 5.92 Å². The van der Waals surface area contributed by atoms with E-state index in [4.69, 9.17) is 13.9 Å². The molecule has 1 heterocycles. The van der Waals surface area contributed by atoms with Gasteiger partial charge in [0.15, 0.2) is 5.78 Å². The van der Waals surface area contributed by atoms with Crippen LogP contribution in [-0.2, 0) is 18.7 Å². The summed E-state index contributed by atoms with van der Waals surface area (Å²) < 4.78 is 18.8. The van der Waals surface area contributed by atoms with Gasteiger partial charge in [-0.05, 0) is 35.2 Å². The number of carbonyl (C=O) groups excluding carboxylic acids is 1. The topological polar surface area (TPSA) is 65.0 Å². The second-order valence-electron chi connectivity index (χ2n) is 10.3. The van der Waals surface area contributed by atoms with Gasteiger partial charge in [0.1, 0.15) is 5.60 Å². The van der Waals surface area contributed by atoms with E-state index in [1.807, 2.05) is 36.4 Å². The van der Waals surface area contributed by atoms with E-state index >= 15 is 0 Å². The molecular formula is C26H34O5Si. The summed E-state index contributed by atoms with van der Waals surface area (Å²) in [6.45, 7) is 8.32. The largest absolute Gasteiger partial charge is 0.404 e. The van der Waals surface area contributed by atoms with Crippen molar-refractivity contribution in [1.82, 2.24) is 0 Å². The van der Waals surface area contributed by atoms with Crippen LogP contribution in [0.2, 0.25) is 5.04 Å². The van der Waals surface area contributed by atoms with Gasteiger partial charge in [0.05, 0.1) is 18.6 Å². The number of benzene rings is 2. The summed E-state index contributed by atoms with van der Waals surface area (Å²) in [5.74, 6) is -2.68. The van der Waals surface area contributed by atoms with E-state index in [9.17, 15) is 9.90 Å². The molecule has 172 valence electrons. The molecule has 2 aromatic rings. The molecule has 0 aromatic heterocycles. The van der Waals surface area contributed by atoms with E-state index in [1.54, 1.807) is 7.11 Å². The predicted molar refractivity (Wildman–Crippen MR) is 127 cm³/mol. The molecule has 6 heteroatoms. The van der Waals surface area contributed by atoms with Crippen molar-refractivity contribution in [3.05, 3.63) is 60.7 Å². The number of hydrogen-bond donors (Lipinski definition) is 1. The van der Waals surface area contributed by atoms with Crippen LogP contribution in [0.15, 0.2) is 60.7 Å². The lowest BCUT2D eigenvalue weighted by Gasteiger charge is -2.45. The van der Waals surface area contributed by atoms with Crippen LogP contribution in [-0.4, -0.2) is 50.4 Å². The molecule has 0 spiro atoms. The van der Waals surface area contributed by atoms with Crippen molar-refractivity contribution in [2.75, 3.05) is 13.7 Å². The first-order chi connectivity index (χ1) is 15.1.